The van der Waals surface area contributed by atoms with E-state index < -0.39 is 0 Å². The highest BCUT2D eigenvalue weighted by molar-refractivity contribution is 5.95. The summed E-state index contributed by atoms with van der Waals surface area (Å²) in [5.74, 6) is 2.58. The first-order chi connectivity index (χ1) is 17.6. The number of likely N-dealkylation sites (tertiary alicyclic amines) is 1. The summed E-state index contributed by atoms with van der Waals surface area (Å²) in [6.45, 7) is 4.23. The Hall–Kier alpha value is -3.51. The van der Waals surface area contributed by atoms with Gasteiger partial charge in [-0.15, -0.1) is 0 Å². The van der Waals surface area contributed by atoms with Gasteiger partial charge < -0.3 is 24.0 Å². The van der Waals surface area contributed by atoms with Crippen LogP contribution in [-0.4, -0.2) is 55.8 Å². The smallest absolute Gasteiger partial charge is 0.254 e. The molecule has 1 fully saturated rings. The molecule has 188 valence electrons. The molecule has 0 aliphatic carbocycles. The van der Waals surface area contributed by atoms with E-state index in [0.29, 0.717) is 36.1 Å². The van der Waals surface area contributed by atoms with Gasteiger partial charge in [0, 0.05) is 37.7 Å². The molecule has 0 spiro atoms. The van der Waals surface area contributed by atoms with Crippen molar-refractivity contribution in [3.05, 3.63) is 89.5 Å². The van der Waals surface area contributed by atoms with Crippen molar-refractivity contribution in [2.24, 2.45) is 5.92 Å². The zero-order chi connectivity index (χ0) is 24.7. The summed E-state index contributed by atoms with van der Waals surface area (Å²) >= 11 is 0. The molecule has 1 amide bonds. The van der Waals surface area contributed by atoms with Gasteiger partial charge in [0.15, 0.2) is 11.5 Å². The van der Waals surface area contributed by atoms with Crippen LogP contribution in [0.1, 0.15) is 34.3 Å². The zero-order valence-electron chi connectivity index (χ0n) is 20.9. The lowest BCUT2D eigenvalue weighted by molar-refractivity contribution is 0.0633. The normalized spacial score (nSPS) is 16.8. The quantitative estimate of drug-likeness (QED) is 0.425. The number of piperidine rings is 1. The first-order valence-electron chi connectivity index (χ1n) is 12.8. The van der Waals surface area contributed by atoms with E-state index in [9.17, 15) is 4.79 Å². The molecule has 5 rings (SSSR count). The van der Waals surface area contributed by atoms with Gasteiger partial charge in [-0.25, -0.2) is 0 Å². The van der Waals surface area contributed by atoms with Crippen LogP contribution < -0.4 is 14.2 Å². The first-order valence-corrected chi connectivity index (χ1v) is 12.8. The van der Waals surface area contributed by atoms with E-state index in [1.54, 1.807) is 6.07 Å². The molecule has 0 unspecified atom stereocenters. The van der Waals surface area contributed by atoms with Gasteiger partial charge >= 0.3 is 0 Å². The predicted molar refractivity (Wildman–Crippen MR) is 140 cm³/mol. The van der Waals surface area contributed by atoms with Crippen LogP contribution >= 0.6 is 0 Å². The summed E-state index contributed by atoms with van der Waals surface area (Å²) in [6, 6.07) is 24.4. The van der Waals surface area contributed by atoms with Crippen molar-refractivity contribution in [3.8, 4) is 17.2 Å². The average molecular weight is 487 g/mol. The third-order valence-electron chi connectivity index (χ3n) is 6.91. The molecule has 0 radical (unpaired) electrons. The van der Waals surface area contributed by atoms with Crippen molar-refractivity contribution in [3.63, 3.8) is 0 Å². The topological polar surface area (TPSA) is 51.2 Å². The number of hydrogen-bond acceptors (Lipinski definition) is 5. The van der Waals surface area contributed by atoms with Crippen molar-refractivity contribution < 1.29 is 19.0 Å². The molecule has 0 saturated carbocycles. The fraction of sp³-hybridized carbons (Fsp3) is 0.367. The minimum atomic E-state index is 0.0405. The number of benzene rings is 3. The Balaban J connectivity index is 1.08. The Morgan fingerprint density at radius 3 is 2.64 bits per heavy atom. The maximum atomic E-state index is 13.1. The number of carbonyl (C=O) groups is 1. The number of likely N-dealkylation sites (N-methyl/N-ethyl adjacent to an activating group) is 1. The van der Waals surface area contributed by atoms with Crippen molar-refractivity contribution in [1.82, 2.24) is 9.80 Å². The highest BCUT2D eigenvalue weighted by Crippen LogP contribution is 2.33. The molecule has 3 aromatic carbocycles. The van der Waals surface area contributed by atoms with E-state index in [2.05, 4.69) is 66.5 Å². The number of carbonyl (C=O) groups excluding carboxylic acids is 1. The largest absolute Gasteiger partial charge is 0.493 e. The van der Waals surface area contributed by atoms with Crippen LogP contribution in [0.4, 0.5) is 0 Å². The highest BCUT2D eigenvalue weighted by atomic mass is 16.7. The van der Waals surface area contributed by atoms with Gasteiger partial charge in [-0.05, 0) is 67.8 Å². The summed E-state index contributed by atoms with van der Waals surface area (Å²) in [5, 5.41) is 0. The van der Waals surface area contributed by atoms with Crippen molar-refractivity contribution >= 4 is 5.91 Å². The van der Waals surface area contributed by atoms with Gasteiger partial charge in [0.1, 0.15) is 5.75 Å². The third-order valence-corrected chi connectivity index (χ3v) is 6.91. The molecule has 36 heavy (non-hydrogen) atoms. The molecule has 2 aliphatic rings. The van der Waals surface area contributed by atoms with Crippen LogP contribution in [0.15, 0.2) is 72.8 Å². The number of ether oxygens (including phenoxy) is 3. The van der Waals surface area contributed by atoms with Crippen LogP contribution in [-0.2, 0) is 13.0 Å². The summed E-state index contributed by atoms with van der Waals surface area (Å²) < 4.78 is 16.9. The molecule has 1 atom stereocenters. The molecule has 2 heterocycles. The minimum absolute atomic E-state index is 0.0405. The van der Waals surface area contributed by atoms with Gasteiger partial charge in [-0.2, -0.15) is 0 Å². The lowest BCUT2D eigenvalue weighted by Crippen LogP contribution is -2.41. The van der Waals surface area contributed by atoms with Crippen LogP contribution in [0.3, 0.4) is 0 Å². The van der Waals surface area contributed by atoms with Crippen molar-refractivity contribution in [2.45, 2.75) is 25.8 Å². The Kier molecular flexibility index (Phi) is 7.72. The monoisotopic (exact) mass is 486 g/mol. The van der Waals surface area contributed by atoms with Gasteiger partial charge in [0.2, 0.25) is 6.79 Å². The average Bonchev–Trinajstić information content (AvgIpc) is 3.40. The van der Waals surface area contributed by atoms with Crippen molar-refractivity contribution in [1.29, 1.82) is 0 Å². The van der Waals surface area contributed by atoms with E-state index in [-0.39, 0.29) is 12.7 Å². The lowest BCUT2D eigenvalue weighted by Gasteiger charge is -2.32. The molecular weight excluding hydrogens is 452 g/mol. The molecule has 0 bridgehead atoms. The van der Waals surface area contributed by atoms with Gasteiger partial charge in [0.05, 0.1) is 6.61 Å². The second-order valence-electron chi connectivity index (χ2n) is 9.76. The Bertz CT molecular complexity index is 1150. The van der Waals surface area contributed by atoms with Crippen LogP contribution in [0.5, 0.6) is 17.2 Å². The summed E-state index contributed by atoms with van der Waals surface area (Å²) in [5.41, 5.74) is 3.29. The third kappa shape index (κ3) is 6.18. The molecule has 2 aliphatic heterocycles. The number of hydrogen-bond donors (Lipinski definition) is 0. The number of nitrogens with zero attached hydrogens (tertiary/aromatic N) is 2. The maximum Gasteiger partial charge on any atom is 0.254 e. The zero-order valence-corrected chi connectivity index (χ0v) is 20.9. The van der Waals surface area contributed by atoms with E-state index in [0.717, 1.165) is 44.6 Å². The molecule has 0 aromatic heterocycles. The van der Waals surface area contributed by atoms with Crippen LogP contribution in [0.25, 0.3) is 0 Å². The fourth-order valence-electron chi connectivity index (χ4n) is 4.86. The molecule has 3 aromatic rings. The predicted octanol–water partition coefficient (Wildman–Crippen LogP) is 5.02. The van der Waals surface area contributed by atoms with Gasteiger partial charge in [-0.1, -0.05) is 42.5 Å². The lowest BCUT2D eigenvalue weighted by atomic mass is 9.98. The molecule has 1 saturated heterocycles. The number of fused-ring (bicyclic) bond motifs is 1. The van der Waals surface area contributed by atoms with Crippen LogP contribution in [0.2, 0.25) is 0 Å². The number of rotatable bonds is 9. The fourth-order valence-corrected chi connectivity index (χ4v) is 4.86. The summed E-state index contributed by atoms with van der Waals surface area (Å²) in [7, 11) is 2.16. The molecule has 6 nitrogen and oxygen atoms in total. The van der Waals surface area contributed by atoms with Crippen LogP contribution in [0, 0.1) is 5.92 Å². The Morgan fingerprint density at radius 1 is 1.00 bits per heavy atom. The van der Waals surface area contributed by atoms with E-state index in [1.807, 2.05) is 17.0 Å². The second-order valence-corrected chi connectivity index (χ2v) is 9.76. The molecule has 0 N–H and O–H groups in total. The van der Waals surface area contributed by atoms with Gasteiger partial charge in [-0.3, -0.25) is 4.79 Å². The number of amides is 1. The van der Waals surface area contributed by atoms with E-state index in [4.69, 9.17) is 14.2 Å². The standard InChI is InChI=1S/C30H34N2O4/c1-31(17-15-23-6-3-2-4-7-23)19-24-9-12-27(13-10-24)34-21-25-8-5-16-32(20-25)30(33)26-11-14-28-29(18-26)36-22-35-28/h2-4,6-7,9-14,18,25H,5,8,15-17,19-22H2,1H3/t25-/m0/s1. The minimum Gasteiger partial charge on any atom is -0.493 e. The summed E-state index contributed by atoms with van der Waals surface area (Å²) in [6.07, 6.45) is 3.10. The Labute approximate surface area is 213 Å². The van der Waals surface area contributed by atoms with Gasteiger partial charge in [0.25, 0.3) is 5.91 Å². The molecule has 6 heteroatoms. The maximum absolute atomic E-state index is 13.1. The summed E-state index contributed by atoms with van der Waals surface area (Å²) in [4.78, 5) is 17.3. The SMILES string of the molecule is CN(CCc1ccccc1)Cc1ccc(OC[C@H]2CCCN(C(=O)c3ccc4c(c3)OCO4)C2)cc1. The second kappa shape index (κ2) is 11.5. The highest BCUT2D eigenvalue weighted by Gasteiger charge is 2.26. The van der Waals surface area contributed by atoms with E-state index in [1.165, 1.54) is 11.1 Å². The van der Waals surface area contributed by atoms with Crippen molar-refractivity contribution in [2.75, 3.05) is 40.1 Å². The first kappa shape index (κ1) is 24.2. The Morgan fingerprint density at radius 2 is 1.81 bits per heavy atom. The van der Waals surface area contributed by atoms with E-state index >= 15 is 0 Å². The molecular formula is C30H34N2O4.